The second-order valence-electron chi connectivity index (χ2n) is 6.73. The number of carbonyl (C=O) groups excluding carboxylic acids is 1. The third-order valence-electron chi connectivity index (χ3n) is 4.49. The van der Waals surface area contributed by atoms with Crippen LogP contribution in [0, 0.1) is 0 Å². The van der Waals surface area contributed by atoms with E-state index in [0.717, 1.165) is 43.4 Å². The maximum Gasteiger partial charge on any atom is 0.163 e. The molecule has 0 heterocycles. The fourth-order valence-corrected chi connectivity index (χ4v) is 2.78. The summed E-state index contributed by atoms with van der Waals surface area (Å²) in [4.78, 5) is 12.0. The third kappa shape index (κ3) is 7.10. The molecule has 0 atom stereocenters. The molecule has 28 heavy (non-hydrogen) atoms. The van der Waals surface area contributed by atoms with E-state index < -0.39 is 0 Å². The molecule has 0 spiro atoms. The molecule has 2 aromatic rings. The van der Waals surface area contributed by atoms with Crippen LogP contribution in [0.1, 0.15) is 61.4 Å². The van der Waals surface area contributed by atoms with Crippen molar-refractivity contribution in [1.29, 1.82) is 0 Å². The predicted octanol–water partition coefficient (Wildman–Crippen LogP) is 6.04. The van der Waals surface area contributed by atoms with Gasteiger partial charge in [-0.15, -0.1) is 0 Å². The van der Waals surface area contributed by atoms with Crippen molar-refractivity contribution in [3.8, 4) is 17.2 Å². The van der Waals surface area contributed by atoms with E-state index in [9.17, 15) is 9.90 Å². The van der Waals surface area contributed by atoms with Crippen molar-refractivity contribution >= 4 is 11.9 Å². The molecule has 2 aromatic carbocycles. The van der Waals surface area contributed by atoms with Crippen LogP contribution >= 0.6 is 0 Å². The molecule has 0 aliphatic rings. The normalized spacial score (nSPS) is 10.9. The second-order valence-corrected chi connectivity index (χ2v) is 6.73. The average molecular weight is 383 g/mol. The lowest BCUT2D eigenvalue weighted by Gasteiger charge is -2.09. The highest BCUT2D eigenvalue weighted by Crippen LogP contribution is 2.27. The Hall–Kier alpha value is -2.75. The minimum atomic E-state index is 0.0294. The molecule has 0 aromatic heterocycles. The van der Waals surface area contributed by atoms with Crippen molar-refractivity contribution in [2.75, 3.05) is 13.7 Å². The van der Waals surface area contributed by atoms with Gasteiger partial charge in [-0.25, -0.2) is 0 Å². The van der Waals surface area contributed by atoms with Crippen LogP contribution in [0.4, 0.5) is 0 Å². The molecule has 0 radical (unpaired) electrons. The lowest BCUT2D eigenvalue weighted by molar-refractivity contribution is 0.0979. The van der Waals surface area contributed by atoms with Crippen molar-refractivity contribution in [1.82, 2.24) is 0 Å². The van der Waals surface area contributed by atoms with Gasteiger partial charge in [-0.05, 0) is 61.6 Å². The summed E-state index contributed by atoms with van der Waals surface area (Å²) in [6.45, 7) is 2.59. The summed E-state index contributed by atoms with van der Waals surface area (Å²) in [5.41, 5.74) is 1.69. The van der Waals surface area contributed by atoms with Crippen LogP contribution in [0.15, 0.2) is 48.5 Å². The van der Waals surface area contributed by atoms with Gasteiger partial charge < -0.3 is 14.6 Å². The Bertz CT molecular complexity index is 763. The first-order valence-electron chi connectivity index (χ1n) is 9.93. The second kappa shape index (κ2) is 11.9. The Labute approximate surface area is 167 Å². The van der Waals surface area contributed by atoms with Crippen molar-refractivity contribution in [3.05, 3.63) is 59.7 Å². The summed E-state index contributed by atoms with van der Waals surface area (Å²) in [6.07, 6.45) is 9.46. The van der Waals surface area contributed by atoms with Crippen LogP contribution in [-0.2, 0) is 0 Å². The van der Waals surface area contributed by atoms with Crippen LogP contribution in [-0.4, -0.2) is 24.6 Å². The molecule has 4 nitrogen and oxygen atoms in total. The maximum atomic E-state index is 12.0. The van der Waals surface area contributed by atoms with Gasteiger partial charge in [0.2, 0.25) is 0 Å². The van der Waals surface area contributed by atoms with Gasteiger partial charge in [-0.2, -0.15) is 0 Å². The first-order chi connectivity index (χ1) is 13.6. The summed E-state index contributed by atoms with van der Waals surface area (Å²) in [6, 6.07) is 12.9. The number of Topliss-reactive ketones (excluding diaryl/α,β-unsaturated/α-hetero) is 1. The van der Waals surface area contributed by atoms with Crippen LogP contribution in [0.25, 0.3) is 6.08 Å². The molecule has 0 amide bonds. The summed E-state index contributed by atoms with van der Waals surface area (Å²) in [5, 5.41) is 10.1. The first kappa shape index (κ1) is 21.5. The number of allylic oxidation sites excluding steroid dienone is 1. The molecule has 150 valence electrons. The molecule has 2 rings (SSSR count). The Balaban J connectivity index is 1.68. The van der Waals surface area contributed by atoms with Gasteiger partial charge in [-0.3, -0.25) is 4.79 Å². The van der Waals surface area contributed by atoms with E-state index >= 15 is 0 Å². The first-order valence-corrected chi connectivity index (χ1v) is 9.93. The molecule has 0 aliphatic carbocycles. The average Bonchev–Trinajstić information content (AvgIpc) is 2.72. The van der Waals surface area contributed by atoms with E-state index in [1.807, 2.05) is 24.3 Å². The Morgan fingerprint density at radius 1 is 1.07 bits per heavy atom. The van der Waals surface area contributed by atoms with Gasteiger partial charge in [-0.1, -0.05) is 37.6 Å². The molecule has 0 bridgehead atoms. The number of unbranched alkanes of at least 4 members (excludes halogenated alkanes) is 3. The van der Waals surface area contributed by atoms with E-state index in [1.54, 1.807) is 19.2 Å². The summed E-state index contributed by atoms with van der Waals surface area (Å²) < 4.78 is 10.8. The Kier molecular flexibility index (Phi) is 9.13. The largest absolute Gasteiger partial charge is 0.504 e. The van der Waals surface area contributed by atoms with E-state index in [0.29, 0.717) is 24.3 Å². The fourth-order valence-electron chi connectivity index (χ4n) is 2.78. The van der Waals surface area contributed by atoms with Gasteiger partial charge in [0.05, 0.1) is 13.7 Å². The minimum absolute atomic E-state index is 0.0294. The predicted molar refractivity (Wildman–Crippen MR) is 113 cm³/mol. The number of benzene rings is 2. The van der Waals surface area contributed by atoms with Gasteiger partial charge in [0.15, 0.2) is 17.3 Å². The SMILES string of the molecule is CCCCC(=O)c1ccc(OCCCC/C=C/c2ccc(OC)cc2)c(O)c1. The summed E-state index contributed by atoms with van der Waals surface area (Å²) in [7, 11) is 1.66. The topological polar surface area (TPSA) is 55.8 Å². The quantitative estimate of drug-likeness (QED) is 0.359. The van der Waals surface area contributed by atoms with E-state index in [-0.39, 0.29) is 11.5 Å². The highest BCUT2D eigenvalue weighted by atomic mass is 16.5. The zero-order valence-corrected chi connectivity index (χ0v) is 16.8. The smallest absolute Gasteiger partial charge is 0.163 e. The zero-order chi connectivity index (χ0) is 20.2. The van der Waals surface area contributed by atoms with Gasteiger partial charge in [0, 0.05) is 12.0 Å². The number of aromatic hydroxyl groups is 1. The van der Waals surface area contributed by atoms with Crippen molar-refractivity contribution in [2.45, 2.75) is 45.4 Å². The number of phenols is 1. The van der Waals surface area contributed by atoms with Gasteiger partial charge in [0.1, 0.15) is 5.75 Å². The zero-order valence-electron chi connectivity index (χ0n) is 16.8. The molecular weight excluding hydrogens is 352 g/mol. The number of phenolic OH excluding ortho intramolecular Hbond substituents is 1. The highest BCUT2D eigenvalue weighted by molar-refractivity contribution is 5.96. The third-order valence-corrected chi connectivity index (χ3v) is 4.49. The van der Waals surface area contributed by atoms with Crippen molar-refractivity contribution in [3.63, 3.8) is 0 Å². The number of methoxy groups -OCH3 is 1. The maximum absolute atomic E-state index is 12.0. The lowest BCUT2D eigenvalue weighted by Crippen LogP contribution is -2.01. The monoisotopic (exact) mass is 382 g/mol. The van der Waals surface area contributed by atoms with Gasteiger partial charge >= 0.3 is 0 Å². The number of rotatable bonds is 12. The van der Waals surface area contributed by atoms with E-state index in [1.165, 1.54) is 6.07 Å². The molecule has 0 aliphatic heterocycles. The molecule has 0 fully saturated rings. The fraction of sp³-hybridized carbons (Fsp3) is 0.375. The van der Waals surface area contributed by atoms with Gasteiger partial charge in [0.25, 0.3) is 0 Å². The number of hydrogen-bond donors (Lipinski definition) is 1. The number of ketones is 1. The van der Waals surface area contributed by atoms with Crippen molar-refractivity contribution < 1.29 is 19.4 Å². The number of hydrogen-bond acceptors (Lipinski definition) is 4. The molecular formula is C24H30O4. The number of carbonyl (C=O) groups is 1. The van der Waals surface area contributed by atoms with E-state index in [2.05, 4.69) is 19.1 Å². The Morgan fingerprint density at radius 2 is 1.86 bits per heavy atom. The minimum Gasteiger partial charge on any atom is -0.504 e. The molecule has 0 unspecified atom stereocenters. The number of ether oxygens (including phenoxy) is 2. The standard InChI is InChI=1S/C24H30O4/c1-3-4-10-22(25)20-13-16-24(23(26)18-20)28-17-8-6-5-7-9-19-11-14-21(27-2)15-12-19/h7,9,11-16,18,26H,3-6,8,10,17H2,1-2H3/b9-7+. The molecule has 0 saturated carbocycles. The molecule has 0 saturated heterocycles. The van der Waals surface area contributed by atoms with Crippen LogP contribution in [0.2, 0.25) is 0 Å². The summed E-state index contributed by atoms with van der Waals surface area (Å²) >= 11 is 0. The van der Waals surface area contributed by atoms with Crippen LogP contribution < -0.4 is 9.47 Å². The molecule has 4 heteroatoms. The highest BCUT2D eigenvalue weighted by Gasteiger charge is 2.09. The Morgan fingerprint density at radius 3 is 2.54 bits per heavy atom. The molecule has 1 N–H and O–H groups in total. The lowest BCUT2D eigenvalue weighted by atomic mass is 10.1. The van der Waals surface area contributed by atoms with E-state index in [4.69, 9.17) is 9.47 Å². The van der Waals surface area contributed by atoms with Crippen LogP contribution in [0.3, 0.4) is 0 Å². The van der Waals surface area contributed by atoms with Crippen molar-refractivity contribution in [2.24, 2.45) is 0 Å². The van der Waals surface area contributed by atoms with Crippen LogP contribution in [0.5, 0.6) is 17.2 Å². The summed E-state index contributed by atoms with van der Waals surface area (Å²) in [5.74, 6) is 1.38.